The van der Waals surface area contributed by atoms with Gasteiger partial charge in [-0.2, -0.15) is 5.10 Å². The fourth-order valence-electron chi connectivity index (χ4n) is 1.82. The van der Waals surface area contributed by atoms with Crippen molar-refractivity contribution in [2.24, 2.45) is 7.05 Å². The standard InChI is InChI=1S/C13H15ClN4O/c1-17(7-9-6-16-18(2)8-9)13(19)10-4-3-5-11(15)12(10)14/h3-6,8H,7,15H2,1-2H3. The van der Waals surface area contributed by atoms with Gasteiger partial charge in [-0.1, -0.05) is 17.7 Å². The zero-order valence-electron chi connectivity index (χ0n) is 10.8. The molecule has 0 saturated carbocycles. The van der Waals surface area contributed by atoms with Crippen molar-refractivity contribution in [2.75, 3.05) is 12.8 Å². The maximum absolute atomic E-state index is 12.3. The molecule has 2 N–H and O–H groups in total. The van der Waals surface area contributed by atoms with E-state index in [1.54, 1.807) is 41.0 Å². The first kappa shape index (κ1) is 13.4. The average Bonchev–Trinajstić information content (AvgIpc) is 2.77. The van der Waals surface area contributed by atoms with Crippen LogP contribution in [0.5, 0.6) is 0 Å². The predicted molar refractivity (Wildman–Crippen MR) is 74.9 cm³/mol. The lowest BCUT2D eigenvalue weighted by molar-refractivity contribution is 0.0785. The van der Waals surface area contributed by atoms with E-state index in [-0.39, 0.29) is 5.91 Å². The van der Waals surface area contributed by atoms with Crippen molar-refractivity contribution in [1.29, 1.82) is 0 Å². The van der Waals surface area contributed by atoms with E-state index >= 15 is 0 Å². The van der Waals surface area contributed by atoms with Crippen molar-refractivity contribution >= 4 is 23.2 Å². The molecule has 100 valence electrons. The van der Waals surface area contributed by atoms with Gasteiger partial charge in [-0.15, -0.1) is 0 Å². The number of amides is 1. The number of anilines is 1. The molecule has 0 fully saturated rings. The molecule has 5 nitrogen and oxygen atoms in total. The first-order chi connectivity index (χ1) is 8.99. The zero-order chi connectivity index (χ0) is 14.0. The summed E-state index contributed by atoms with van der Waals surface area (Å²) in [5.74, 6) is -0.166. The van der Waals surface area contributed by atoms with Gasteiger partial charge in [0.05, 0.1) is 22.5 Å². The molecule has 2 aromatic rings. The van der Waals surface area contributed by atoms with E-state index in [0.29, 0.717) is 22.8 Å². The average molecular weight is 279 g/mol. The Labute approximate surface area is 116 Å². The molecule has 19 heavy (non-hydrogen) atoms. The highest BCUT2D eigenvalue weighted by molar-refractivity contribution is 6.36. The molecule has 0 saturated heterocycles. The highest BCUT2D eigenvalue weighted by atomic mass is 35.5. The second-order valence-electron chi connectivity index (χ2n) is 4.39. The number of rotatable bonds is 3. The van der Waals surface area contributed by atoms with Crippen LogP contribution in [0.2, 0.25) is 5.02 Å². The van der Waals surface area contributed by atoms with E-state index in [9.17, 15) is 4.79 Å². The van der Waals surface area contributed by atoms with Crippen molar-refractivity contribution in [3.05, 3.63) is 46.7 Å². The van der Waals surface area contributed by atoms with Gasteiger partial charge in [0, 0.05) is 32.4 Å². The number of nitrogens with two attached hydrogens (primary N) is 1. The Morgan fingerprint density at radius 1 is 1.53 bits per heavy atom. The number of carbonyl (C=O) groups excluding carboxylic acids is 1. The SMILES string of the molecule is CN(Cc1cnn(C)c1)C(=O)c1cccc(N)c1Cl. The van der Waals surface area contributed by atoms with Gasteiger partial charge < -0.3 is 10.6 Å². The van der Waals surface area contributed by atoms with Gasteiger partial charge in [-0.25, -0.2) is 0 Å². The normalized spacial score (nSPS) is 10.5. The number of hydrogen-bond donors (Lipinski definition) is 1. The van der Waals surface area contributed by atoms with Crippen molar-refractivity contribution in [1.82, 2.24) is 14.7 Å². The largest absolute Gasteiger partial charge is 0.398 e. The number of hydrogen-bond acceptors (Lipinski definition) is 3. The van der Waals surface area contributed by atoms with E-state index in [0.717, 1.165) is 5.56 Å². The van der Waals surface area contributed by atoms with Crippen molar-refractivity contribution < 1.29 is 4.79 Å². The molecule has 0 aliphatic heterocycles. The molecule has 6 heteroatoms. The van der Waals surface area contributed by atoms with Crippen LogP contribution in [0.15, 0.2) is 30.6 Å². The van der Waals surface area contributed by atoms with Crippen LogP contribution < -0.4 is 5.73 Å². The maximum atomic E-state index is 12.3. The van der Waals surface area contributed by atoms with Crippen LogP contribution in [0.4, 0.5) is 5.69 Å². The van der Waals surface area contributed by atoms with Gasteiger partial charge in [0.15, 0.2) is 0 Å². The lowest BCUT2D eigenvalue weighted by Crippen LogP contribution is -2.26. The summed E-state index contributed by atoms with van der Waals surface area (Å²) in [6.45, 7) is 0.470. The Morgan fingerprint density at radius 3 is 2.89 bits per heavy atom. The van der Waals surface area contributed by atoms with Gasteiger partial charge in [0.1, 0.15) is 0 Å². The van der Waals surface area contributed by atoms with Crippen LogP contribution in [0.25, 0.3) is 0 Å². The van der Waals surface area contributed by atoms with Crippen molar-refractivity contribution in [2.45, 2.75) is 6.54 Å². The Bertz CT molecular complexity index is 608. The molecule has 0 atom stereocenters. The fourth-order valence-corrected chi connectivity index (χ4v) is 2.03. The molecule has 0 spiro atoms. The summed E-state index contributed by atoms with van der Waals surface area (Å²) in [7, 11) is 3.55. The number of carbonyl (C=O) groups is 1. The minimum absolute atomic E-state index is 0.166. The summed E-state index contributed by atoms with van der Waals surface area (Å²) < 4.78 is 1.70. The van der Waals surface area contributed by atoms with Gasteiger partial charge in [-0.05, 0) is 12.1 Å². The third kappa shape index (κ3) is 2.88. The first-order valence-corrected chi connectivity index (χ1v) is 6.14. The molecule has 0 bridgehead atoms. The summed E-state index contributed by atoms with van der Waals surface area (Å²) in [4.78, 5) is 13.9. The number of benzene rings is 1. The van der Waals surface area contributed by atoms with Crippen LogP contribution in [-0.4, -0.2) is 27.6 Å². The number of aromatic nitrogens is 2. The van der Waals surface area contributed by atoms with Crippen LogP contribution in [0, 0.1) is 0 Å². The summed E-state index contributed by atoms with van der Waals surface area (Å²) in [5.41, 5.74) is 7.47. The lowest BCUT2D eigenvalue weighted by Gasteiger charge is -2.17. The molecular weight excluding hydrogens is 264 g/mol. The molecule has 0 aliphatic rings. The van der Waals surface area contributed by atoms with Crippen LogP contribution in [-0.2, 0) is 13.6 Å². The van der Waals surface area contributed by atoms with Crippen LogP contribution in [0.3, 0.4) is 0 Å². The van der Waals surface area contributed by atoms with Crippen molar-refractivity contribution in [3.63, 3.8) is 0 Å². The highest BCUT2D eigenvalue weighted by Gasteiger charge is 2.16. The molecule has 1 heterocycles. The van der Waals surface area contributed by atoms with E-state index in [1.807, 2.05) is 13.2 Å². The minimum atomic E-state index is -0.166. The third-order valence-electron chi connectivity index (χ3n) is 2.78. The summed E-state index contributed by atoms with van der Waals surface area (Å²) in [6.07, 6.45) is 3.59. The lowest BCUT2D eigenvalue weighted by atomic mass is 10.1. The maximum Gasteiger partial charge on any atom is 0.255 e. The molecule has 1 aromatic heterocycles. The van der Waals surface area contributed by atoms with Gasteiger partial charge in [0.25, 0.3) is 5.91 Å². The number of halogens is 1. The van der Waals surface area contributed by atoms with E-state index in [4.69, 9.17) is 17.3 Å². The topological polar surface area (TPSA) is 64.2 Å². The second-order valence-corrected chi connectivity index (χ2v) is 4.77. The molecule has 0 aliphatic carbocycles. The van der Waals surface area contributed by atoms with E-state index < -0.39 is 0 Å². The molecule has 2 rings (SSSR count). The summed E-state index contributed by atoms with van der Waals surface area (Å²) in [6, 6.07) is 5.05. The molecule has 1 amide bonds. The number of nitrogen functional groups attached to an aromatic ring is 1. The fraction of sp³-hybridized carbons (Fsp3) is 0.231. The van der Waals surface area contributed by atoms with Gasteiger partial charge in [0.2, 0.25) is 0 Å². The smallest absolute Gasteiger partial charge is 0.255 e. The molecule has 1 aromatic carbocycles. The summed E-state index contributed by atoms with van der Waals surface area (Å²) >= 11 is 6.05. The van der Waals surface area contributed by atoms with Crippen LogP contribution in [0.1, 0.15) is 15.9 Å². The number of nitrogens with zero attached hydrogens (tertiary/aromatic N) is 3. The predicted octanol–water partition coefficient (Wildman–Crippen LogP) is 1.93. The molecular formula is C13H15ClN4O. The third-order valence-corrected chi connectivity index (χ3v) is 3.21. The first-order valence-electron chi connectivity index (χ1n) is 5.76. The Morgan fingerprint density at radius 2 is 2.26 bits per heavy atom. The quantitative estimate of drug-likeness (QED) is 0.873. The zero-order valence-corrected chi connectivity index (χ0v) is 11.6. The van der Waals surface area contributed by atoms with Crippen molar-refractivity contribution in [3.8, 4) is 0 Å². The molecule has 0 unspecified atom stereocenters. The van der Waals surface area contributed by atoms with E-state index in [2.05, 4.69) is 5.10 Å². The van der Waals surface area contributed by atoms with Gasteiger partial charge in [-0.3, -0.25) is 9.48 Å². The monoisotopic (exact) mass is 278 g/mol. The van der Waals surface area contributed by atoms with Crippen LogP contribution >= 0.6 is 11.6 Å². The highest BCUT2D eigenvalue weighted by Crippen LogP contribution is 2.24. The Kier molecular flexibility index (Phi) is 3.76. The molecule has 0 radical (unpaired) electrons. The second kappa shape index (κ2) is 5.32. The Hall–Kier alpha value is -2.01. The number of aryl methyl sites for hydroxylation is 1. The van der Waals surface area contributed by atoms with E-state index in [1.165, 1.54) is 0 Å². The minimum Gasteiger partial charge on any atom is -0.398 e. The van der Waals surface area contributed by atoms with Gasteiger partial charge >= 0.3 is 0 Å². The Balaban J connectivity index is 2.17. The summed E-state index contributed by atoms with van der Waals surface area (Å²) in [5, 5.41) is 4.36.